The molecule has 6 heteroatoms. The molecule has 1 atom stereocenters. The zero-order chi connectivity index (χ0) is 19.6. The lowest BCUT2D eigenvalue weighted by molar-refractivity contribution is -0.121. The van der Waals surface area contributed by atoms with Gasteiger partial charge < -0.3 is 18.9 Å². The third kappa shape index (κ3) is 4.05. The molecular weight excluding hydrogens is 346 g/mol. The second-order valence-corrected chi connectivity index (χ2v) is 6.59. The van der Waals surface area contributed by atoms with Crippen molar-refractivity contribution in [1.82, 2.24) is 5.32 Å². The lowest BCUT2D eigenvalue weighted by Crippen LogP contribution is -2.27. The highest BCUT2D eigenvalue weighted by atomic mass is 16.5. The highest BCUT2D eigenvalue weighted by molar-refractivity contribution is 5.82. The number of hydrogen-bond acceptors (Lipinski definition) is 5. The molecule has 27 heavy (non-hydrogen) atoms. The number of carbonyl (C=O) groups is 1. The SMILES string of the molecule is COc1ccc2c(C)c(CCC(=O)NC(C)c3ccc(C)o3)c(=O)oc2c1. The number of ether oxygens (including phenoxy) is 1. The minimum absolute atomic E-state index is 0.148. The summed E-state index contributed by atoms with van der Waals surface area (Å²) in [5, 5.41) is 3.73. The summed E-state index contributed by atoms with van der Waals surface area (Å²) in [4.78, 5) is 24.6. The Bertz CT molecular complexity index is 1030. The molecule has 0 spiro atoms. The van der Waals surface area contributed by atoms with Crippen LogP contribution in [0.15, 0.2) is 44.0 Å². The van der Waals surface area contributed by atoms with Crippen LogP contribution in [0.2, 0.25) is 0 Å². The van der Waals surface area contributed by atoms with Crippen LogP contribution in [-0.4, -0.2) is 13.0 Å². The second-order valence-electron chi connectivity index (χ2n) is 6.59. The van der Waals surface area contributed by atoms with E-state index in [4.69, 9.17) is 13.6 Å². The summed E-state index contributed by atoms with van der Waals surface area (Å²) in [6.07, 6.45) is 0.503. The molecule has 3 aromatic rings. The van der Waals surface area contributed by atoms with E-state index in [0.29, 0.717) is 29.1 Å². The van der Waals surface area contributed by atoms with E-state index in [-0.39, 0.29) is 18.4 Å². The number of carbonyl (C=O) groups excluding carboxylic acids is 1. The first-order chi connectivity index (χ1) is 12.9. The summed E-state index contributed by atoms with van der Waals surface area (Å²) in [5.74, 6) is 1.98. The first kappa shape index (κ1) is 18.8. The molecule has 1 aromatic carbocycles. The quantitative estimate of drug-likeness (QED) is 0.668. The van der Waals surface area contributed by atoms with Gasteiger partial charge in [0.05, 0.1) is 13.2 Å². The second kappa shape index (κ2) is 7.70. The summed E-state index contributed by atoms with van der Waals surface area (Å²) in [7, 11) is 1.56. The number of hydrogen-bond donors (Lipinski definition) is 1. The topological polar surface area (TPSA) is 81.7 Å². The van der Waals surface area contributed by atoms with Gasteiger partial charge in [-0.15, -0.1) is 0 Å². The van der Waals surface area contributed by atoms with Crippen molar-refractivity contribution in [2.45, 2.75) is 39.7 Å². The standard InChI is InChI=1S/C21H23NO5/c1-12-5-9-18(26-12)14(3)22-20(23)10-8-17-13(2)16-7-6-15(25-4)11-19(16)27-21(17)24/h5-7,9,11,14H,8,10H2,1-4H3,(H,22,23). The molecule has 1 amide bonds. The van der Waals surface area contributed by atoms with Gasteiger partial charge in [0.1, 0.15) is 22.9 Å². The zero-order valence-corrected chi connectivity index (χ0v) is 15.9. The Morgan fingerprint density at radius 3 is 2.63 bits per heavy atom. The van der Waals surface area contributed by atoms with Gasteiger partial charge in [-0.2, -0.15) is 0 Å². The van der Waals surface area contributed by atoms with Crippen LogP contribution < -0.4 is 15.7 Å². The van der Waals surface area contributed by atoms with E-state index in [2.05, 4.69) is 5.32 Å². The van der Waals surface area contributed by atoms with Crippen LogP contribution in [0.5, 0.6) is 5.75 Å². The zero-order valence-electron chi connectivity index (χ0n) is 15.9. The number of aryl methyl sites for hydroxylation is 2. The van der Waals surface area contributed by atoms with Gasteiger partial charge in [0.2, 0.25) is 5.91 Å². The molecule has 2 aromatic heterocycles. The number of rotatable bonds is 6. The first-order valence-corrected chi connectivity index (χ1v) is 8.85. The number of methoxy groups -OCH3 is 1. The predicted octanol–water partition coefficient (Wildman–Crippen LogP) is 3.82. The van der Waals surface area contributed by atoms with Gasteiger partial charge in [-0.05, 0) is 57.0 Å². The third-order valence-electron chi connectivity index (χ3n) is 4.66. The molecular formula is C21H23NO5. The van der Waals surface area contributed by atoms with E-state index >= 15 is 0 Å². The summed E-state index contributed by atoms with van der Waals surface area (Å²) in [5.41, 5.74) is 1.40. The number of nitrogens with one attached hydrogen (secondary N) is 1. The fourth-order valence-electron chi connectivity index (χ4n) is 3.10. The Hall–Kier alpha value is -3.02. The molecule has 0 aliphatic rings. The van der Waals surface area contributed by atoms with Crippen LogP contribution in [0.4, 0.5) is 0 Å². The highest BCUT2D eigenvalue weighted by Crippen LogP contribution is 2.24. The van der Waals surface area contributed by atoms with Crippen molar-refractivity contribution in [2.24, 2.45) is 0 Å². The lowest BCUT2D eigenvalue weighted by Gasteiger charge is -2.12. The molecule has 1 N–H and O–H groups in total. The maximum atomic E-state index is 12.4. The largest absolute Gasteiger partial charge is 0.497 e. The molecule has 6 nitrogen and oxygen atoms in total. The monoisotopic (exact) mass is 369 g/mol. The number of furan rings is 1. The van der Waals surface area contributed by atoms with Crippen molar-refractivity contribution in [3.05, 3.63) is 63.4 Å². The van der Waals surface area contributed by atoms with Gasteiger partial charge >= 0.3 is 5.63 Å². The van der Waals surface area contributed by atoms with E-state index in [1.807, 2.05) is 45.0 Å². The van der Waals surface area contributed by atoms with E-state index in [0.717, 1.165) is 16.7 Å². The fraction of sp³-hybridized carbons (Fsp3) is 0.333. The molecule has 0 saturated carbocycles. The molecule has 0 bridgehead atoms. The molecule has 1 unspecified atom stereocenters. The minimum Gasteiger partial charge on any atom is -0.497 e. The van der Waals surface area contributed by atoms with Crippen molar-refractivity contribution in [3.63, 3.8) is 0 Å². The van der Waals surface area contributed by atoms with Gasteiger partial charge in [0, 0.05) is 23.4 Å². The molecule has 3 rings (SSSR count). The van der Waals surface area contributed by atoms with Crippen LogP contribution in [0, 0.1) is 13.8 Å². The Morgan fingerprint density at radius 1 is 1.19 bits per heavy atom. The van der Waals surface area contributed by atoms with Gasteiger partial charge in [0.25, 0.3) is 0 Å². The summed E-state index contributed by atoms with van der Waals surface area (Å²) >= 11 is 0. The lowest BCUT2D eigenvalue weighted by atomic mass is 10.0. The number of fused-ring (bicyclic) bond motifs is 1. The fourth-order valence-corrected chi connectivity index (χ4v) is 3.10. The third-order valence-corrected chi connectivity index (χ3v) is 4.66. The average Bonchev–Trinajstić information content (AvgIpc) is 3.07. The van der Waals surface area contributed by atoms with Crippen LogP contribution in [0.1, 0.15) is 42.0 Å². The summed E-state index contributed by atoms with van der Waals surface area (Å²) < 4.78 is 16.1. The molecule has 0 fully saturated rings. The van der Waals surface area contributed by atoms with Crippen LogP contribution >= 0.6 is 0 Å². The highest BCUT2D eigenvalue weighted by Gasteiger charge is 2.16. The molecule has 0 saturated heterocycles. The Morgan fingerprint density at radius 2 is 1.96 bits per heavy atom. The molecule has 0 aliphatic carbocycles. The van der Waals surface area contributed by atoms with E-state index in [1.54, 1.807) is 13.2 Å². The van der Waals surface area contributed by atoms with Gasteiger partial charge in [-0.1, -0.05) is 0 Å². The Kier molecular flexibility index (Phi) is 5.35. The summed E-state index contributed by atoms with van der Waals surface area (Å²) in [6, 6.07) is 8.84. The predicted molar refractivity (Wildman–Crippen MR) is 102 cm³/mol. The van der Waals surface area contributed by atoms with Crippen LogP contribution in [0.3, 0.4) is 0 Å². The van der Waals surface area contributed by atoms with Crippen LogP contribution in [-0.2, 0) is 11.2 Å². The van der Waals surface area contributed by atoms with Crippen molar-refractivity contribution in [3.8, 4) is 5.75 Å². The first-order valence-electron chi connectivity index (χ1n) is 8.85. The van der Waals surface area contributed by atoms with Crippen molar-refractivity contribution in [1.29, 1.82) is 0 Å². The molecule has 0 aliphatic heterocycles. The number of benzene rings is 1. The van der Waals surface area contributed by atoms with Gasteiger partial charge in [-0.25, -0.2) is 4.79 Å². The number of amides is 1. The van der Waals surface area contributed by atoms with Crippen molar-refractivity contribution < 1.29 is 18.4 Å². The maximum absolute atomic E-state index is 12.4. The molecule has 142 valence electrons. The molecule has 2 heterocycles. The minimum atomic E-state index is -0.421. The Balaban J connectivity index is 1.72. The smallest absolute Gasteiger partial charge is 0.339 e. The maximum Gasteiger partial charge on any atom is 0.339 e. The van der Waals surface area contributed by atoms with Gasteiger partial charge in [-0.3, -0.25) is 4.79 Å². The van der Waals surface area contributed by atoms with Gasteiger partial charge in [0.15, 0.2) is 0 Å². The van der Waals surface area contributed by atoms with E-state index in [1.165, 1.54) is 0 Å². The summed E-state index contributed by atoms with van der Waals surface area (Å²) in [6.45, 7) is 5.59. The Labute approximate surface area is 157 Å². The molecule has 0 radical (unpaired) electrons. The van der Waals surface area contributed by atoms with Crippen molar-refractivity contribution >= 4 is 16.9 Å². The van der Waals surface area contributed by atoms with Crippen LogP contribution in [0.25, 0.3) is 11.0 Å². The average molecular weight is 369 g/mol. The van der Waals surface area contributed by atoms with E-state index in [9.17, 15) is 9.59 Å². The van der Waals surface area contributed by atoms with Crippen molar-refractivity contribution in [2.75, 3.05) is 7.11 Å². The van der Waals surface area contributed by atoms with E-state index < -0.39 is 5.63 Å². The normalized spacial score (nSPS) is 12.1.